The zero-order chi connectivity index (χ0) is 31.6. The number of benzene rings is 9. The fourth-order valence-electron chi connectivity index (χ4n) is 7.61. The third-order valence-corrected chi connectivity index (χ3v) is 10.9. The summed E-state index contributed by atoms with van der Waals surface area (Å²) in [6.07, 6.45) is 0. The van der Waals surface area contributed by atoms with Crippen LogP contribution in [0, 0.1) is 0 Å². The number of nitrogens with zero attached hydrogens (tertiary/aromatic N) is 1. The van der Waals surface area contributed by atoms with Crippen molar-refractivity contribution in [1.82, 2.24) is 0 Å². The molecule has 0 aliphatic carbocycles. The second-order valence-electron chi connectivity index (χ2n) is 12.5. The molecule has 2 heteroatoms. The third kappa shape index (κ3) is 4.24. The van der Waals surface area contributed by atoms with Crippen molar-refractivity contribution in [3.05, 3.63) is 176 Å². The van der Waals surface area contributed by atoms with Gasteiger partial charge in [-0.15, -0.1) is 11.3 Å². The predicted octanol–water partition coefficient (Wildman–Crippen LogP) is 13.8. The first-order valence-electron chi connectivity index (χ1n) is 16.4. The minimum atomic E-state index is 1.13. The molecule has 0 atom stereocenters. The molecule has 10 aromatic rings. The van der Waals surface area contributed by atoms with E-state index in [9.17, 15) is 0 Å². The van der Waals surface area contributed by atoms with Gasteiger partial charge < -0.3 is 4.90 Å². The summed E-state index contributed by atoms with van der Waals surface area (Å²) >= 11 is 1.87. The summed E-state index contributed by atoms with van der Waals surface area (Å²) in [6, 6.07) is 64.6. The van der Waals surface area contributed by atoms with Gasteiger partial charge in [0.2, 0.25) is 0 Å². The number of hydrogen-bond donors (Lipinski definition) is 0. The maximum atomic E-state index is 2.46. The monoisotopic (exact) mass is 627 g/mol. The molecule has 0 saturated carbocycles. The third-order valence-electron chi connectivity index (χ3n) is 9.81. The van der Waals surface area contributed by atoms with Gasteiger partial charge >= 0.3 is 0 Å². The molecule has 1 aromatic heterocycles. The molecule has 0 spiro atoms. The molecule has 0 unspecified atom stereocenters. The molecular formula is C46H29NS. The van der Waals surface area contributed by atoms with Gasteiger partial charge in [0, 0.05) is 36.9 Å². The molecule has 48 heavy (non-hydrogen) atoms. The van der Waals surface area contributed by atoms with Gasteiger partial charge in [-0.3, -0.25) is 0 Å². The van der Waals surface area contributed by atoms with Crippen LogP contribution < -0.4 is 4.90 Å². The highest BCUT2D eigenvalue weighted by molar-refractivity contribution is 7.25. The van der Waals surface area contributed by atoms with Gasteiger partial charge in [-0.25, -0.2) is 0 Å². The molecule has 224 valence electrons. The summed E-state index contributed by atoms with van der Waals surface area (Å²) < 4.78 is 2.61. The van der Waals surface area contributed by atoms with E-state index in [1.807, 2.05) is 11.3 Å². The lowest BCUT2D eigenvalue weighted by Crippen LogP contribution is -2.10. The highest BCUT2D eigenvalue weighted by atomic mass is 32.1. The molecule has 10 rings (SSSR count). The second-order valence-corrected chi connectivity index (χ2v) is 13.6. The largest absolute Gasteiger partial charge is 0.310 e. The Morgan fingerprint density at radius 2 is 0.938 bits per heavy atom. The van der Waals surface area contributed by atoms with Crippen molar-refractivity contribution in [3.8, 4) is 11.1 Å². The van der Waals surface area contributed by atoms with Gasteiger partial charge in [-0.2, -0.15) is 0 Å². The molecule has 0 saturated heterocycles. The lowest BCUT2D eigenvalue weighted by Gasteiger charge is -2.28. The zero-order valence-electron chi connectivity index (χ0n) is 26.1. The Kier molecular flexibility index (Phi) is 6.12. The Bertz CT molecular complexity index is 2860. The van der Waals surface area contributed by atoms with E-state index in [0.717, 1.165) is 11.4 Å². The van der Waals surface area contributed by atoms with E-state index in [1.54, 1.807) is 0 Å². The molecule has 0 aliphatic heterocycles. The Morgan fingerprint density at radius 3 is 1.81 bits per heavy atom. The first kappa shape index (κ1) is 27.2. The molecule has 1 heterocycles. The number of rotatable bonds is 4. The molecular weight excluding hydrogens is 599 g/mol. The topological polar surface area (TPSA) is 3.24 Å². The van der Waals surface area contributed by atoms with Crippen molar-refractivity contribution in [2.24, 2.45) is 0 Å². The first-order valence-corrected chi connectivity index (χ1v) is 17.2. The maximum absolute atomic E-state index is 2.46. The van der Waals surface area contributed by atoms with Gasteiger partial charge in [-0.05, 0) is 85.2 Å². The number of thiophene rings is 1. The van der Waals surface area contributed by atoms with Crippen molar-refractivity contribution in [3.63, 3.8) is 0 Å². The molecule has 0 fully saturated rings. The molecule has 0 radical (unpaired) electrons. The SMILES string of the molecule is c1cc(-c2cccc3c2ccc2ccccc23)cc(N(c2ccc3c(c2)sc2ccccc23)c2cc3ccccc3c3ccccc23)c1. The number of fused-ring (bicyclic) bond motifs is 9. The lowest BCUT2D eigenvalue weighted by atomic mass is 9.94. The van der Waals surface area contributed by atoms with Crippen LogP contribution in [0.15, 0.2) is 176 Å². The minimum absolute atomic E-state index is 1.13. The summed E-state index contributed by atoms with van der Waals surface area (Å²) in [4.78, 5) is 2.46. The van der Waals surface area contributed by atoms with Crippen molar-refractivity contribution < 1.29 is 0 Å². The van der Waals surface area contributed by atoms with Crippen LogP contribution in [-0.2, 0) is 0 Å². The second kappa shape index (κ2) is 10.8. The summed E-state index contributed by atoms with van der Waals surface area (Å²) in [7, 11) is 0. The van der Waals surface area contributed by atoms with Crippen LogP contribution in [0.25, 0.3) is 74.4 Å². The smallest absolute Gasteiger partial charge is 0.0546 e. The Labute approximate surface area is 282 Å². The van der Waals surface area contributed by atoms with Gasteiger partial charge in [0.1, 0.15) is 0 Å². The van der Waals surface area contributed by atoms with Crippen molar-refractivity contribution in [2.75, 3.05) is 4.90 Å². The van der Waals surface area contributed by atoms with E-state index in [0.29, 0.717) is 0 Å². The van der Waals surface area contributed by atoms with Crippen molar-refractivity contribution in [1.29, 1.82) is 0 Å². The summed E-state index contributed by atoms with van der Waals surface area (Å²) in [5, 5.41) is 12.7. The maximum Gasteiger partial charge on any atom is 0.0546 e. The van der Waals surface area contributed by atoms with Crippen LogP contribution in [0.3, 0.4) is 0 Å². The van der Waals surface area contributed by atoms with Crippen LogP contribution in [0.4, 0.5) is 17.1 Å². The molecule has 0 amide bonds. The lowest BCUT2D eigenvalue weighted by molar-refractivity contribution is 1.31. The van der Waals surface area contributed by atoms with Crippen LogP contribution >= 0.6 is 11.3 Å². The Balaban J connectivity index is 1.24. The van der Waals surface area contributed by atoms with Crippen LogP contribution in [0.1, 0.15) is 0 Å². The van der Waals surface area contributed by atoms with Gasteiger partial charge in [0.15, 0.2) is 0 Å². The van der Waals surface area contributed by atoms with E-state index in [2.05, 4.69) is 181 Å². The minimum Gasteiger partial charge on any atom is -0.310 e. The molecule has 0 bridgehead atoms. The quantitative estimate of drug-likeness (QED) is 0.176. The first-order chi connectivity index (χ1) is 23.8. The molecule has 1 nitrogen and oxygen atoms in total. The Morgan fingerprint density at radius 1 is 0.333 bits per heavy atom. The predicted molar refractivity (Wildman–Crippen MR) is 209 cm³/mol. The van der Waals surface area contributed by atoms with Gasteiger partial charge in [0.25, 0.3) is 0 Å². The number of hydrogen-bond acceptors (Lipinski definition) is 2. The zero-order valence-corrected chi connectivity index (χ0v) is 26.9. The summed E-state index contributed by atoms with van der Waals surface area (Å²) in [5.74, 6) is 0. The van der Waals surface area contributed by atoms with E-state index in [1.165, 1.54) is 80.1 Å². The van der Waals surface area contributed by atoms with E-state index in [4.69, 9.17) is 0 Å². The van der Waals surface area contributed by atoms with Crippen LogP contribution in [-0.4, -0.2) is 0 Å². The van der Waals surface area contributed by atoms with Crippen LogP contribution in [0.5, 0.6) is 0 Å². The average molecular weight is 628 g/mol. The normalized spacial score (nSPS) is 11.8. The highest BCUT2D eigenvalue weighted by Gasteiger charge is 2.19. The summed E-state index contributed by atoms with van der Waals surface area (Å²) in [5.41, 5.74) is 5.89. The molecule has 9 aromatic carbocycles. The van der Waals surface area contributed by atoms with Gasteiger partial charge in [-0.1, -0.05) is 140 Å². The molecule has 0 aliphatic rings. The van der Waals surface area contributed by atoms with Gasteiger partial charge in [0.05, 0.1) is 5.69 Å². The standard InChI is InChI=1S/C46H29NS/c1-3-15-35-30(11-1)23-25-40-37(20-10-21-38(35)40)31-13-9-14-33(27-31)47(34-24-26-43-42-19-7-8-22-45(42)48-46(43)29-34)44-28-32-12-2-4-16-36(32)39-17-5-6-18-41(39)44/h1-29H. The average Bonchev–Trinajstić information content (AvgIpc) is 3.53. The fraction of sp³-hybridized carbons (Fsp3) is 0. The Hall–Kier alpha value is -5.96. The van der Waals surface area contributed by atoms with E-state index >= 15 is 0 Å². The molecule has 0 N–H and O–H groups in total. The number of anilines is 3. The van der Waals surface area contributed by atoms with Crippen molar-refractivity contribution in [2.45, 2.75) is 0 Å². The van der Waals surface area contributed by atoms with Crippen LogP contribution in [0.2, 0.25) is 0 Å². The van der Waals surface area contributed by atoms with E-state index in [-0.39, 0.29) is 0 Å². The van der Waals surface area contributed by atoms with E-state index < -0.39 is 0 Å². The highest BCUT2D eigenvalue weighted by Crippen LogP contribution is 2.45. The fourth-order valence-corrected chi connectivity index (χ4v) is 8.74. The van der Waals surface area contributed by atoms with Crippen molar-refractivity contribution >= 4 is 91.7 Å². The summed E-state index contributed by atoms with van der Waals surface area (Å²) in [6.45, 7) is 0.